The van der Waals surface area contributed by atoms with Gasteiger partial charge in [-0.15, -0.1) is 0 Å². The Kier molecular flexibility index (Phi) is 3.60. The largest absolute Gasteiger partial charge is 0.369 e. The van der Waals surface area contributed by atoms with Gasteiger partial charge in [-0.25, -0.2) is 4.68 Å². The Morgan fingerprint density at radius 3 is 3.17 bits per heavy atom. The smallest absolute Gasteiger partial charge is 0.124 e. The maximum absolute atomic E-state index is 5.38. The molecular formula is C8H16N4. The van der Waals surface area contributed by atoms with Crippen LogP contribution in [-0.2, 0) is 6.54 Å². The van der Waals surface area contributed by atoms with Crippen LogP contribution in [0.1, 0.15) is 13.3 Å². The SMILES string of the molecule is CCCn1nccc1NCCN. The Morgan fingerprint density at radius 2 is 2.50 bits per heavy atom. The number of aryl methyl sites for hydroxylation is 1. The number of hydrogen-bond donors (Lipinski definition) is 2. The topological polar surface area (TPSA) is 55.9 Å². The average Bonchev–Trinajstić information content (AvgIpc) is 2.50. The van der Waals surface area contributed by atoms with E-state index in [1.165, 1.54) is 0 Å². The minimum Gasteiger partial charge on any atom is -0.369 e. The van der Waals surface area contributed by atoms with E-state index in [0.717, 1.165) is 25.3 Å². The van der Waals surface area contributed by atoms with Crippen molar-refractivity contribution < 1.29 is 0 Å². The first kappa shape index (κ1) is 9.06. The lowest BCUT2D eigenvalue weighted by Crippen LogP contribution is -2.15. The Balaban J connectivity index is 2.51. The fraction of sp³-hybridized carbons (Fsp3) is 0.625. The fourth-order valence-electron chi connectivity index (χ4n) is 1.07. The summed E-state index contributed by atoms with van der Waals surface area (Å²) in [5, 5.41) is 7.38. The highest BCUT2D eigenvalue weighted by Gasteiger charge is 1.98. The number of nitrogens with one attached hydrogen (secondary N) is 1. The van der Waals surface area contributed by atoms with Crippen molar-refractivity contribution in [3.8, 4) is 0 Å². The number of rotatable bonds is 5. The maximum Gasteiger partial charge on any atom is 0.124 e. The summed E-state index contributed by atoms with van der Waals surface area (Å²) in [7, 11) is 0. The molecule has 0 radical (unpaired) electrons. The normalized spacial score (nSPS) is 10.2. The molecule has 0 unspecified atom stereocenters. The second-order valence-corrected chi connectivity index (χ2v) is 2.66. The van der Waals surface area contributed by atoms with E-state index < -0.39 is 0 Å². The molecule has 0 spiro atoms. The maximum atomic E-state index is 5.38. The quantitative estimate of drug-likeness (QED) is 0.679. The molecule has 3 N–H and O–H groups in total. The van der Waals surface area contributed by atoms with Crippen LogP contribution in [0, 0.1) is 0 Å². The van der Waals surface area contributed by atoms with Crippen LogP contribution < -0.4 is 11.1 Å². The van der Waals surface area contributed by atoms with Gasteiger partial charge >= 0.3 is 0 Å². The van der Waals surface area contributed by atoms with Gasteiger partial charge in [0.15, 0.2) is 0 Å². The Bertz CT molecular complexity index is 219. The second kappa shape index (κ2) is 4.77. The highest BCUT2D eigenvalue weighted by Crippen LogP contribution is 2.05. The summed E-state index contributed by atoms with van der Waals surface area (Å²) in [6, 6.07) is 1.96. The van der Waals surface area contributed by atoms with E-state index in [4.69, 9.17) is 5.73 Å². The molecular weight excluding hydrogens is 152 g/mol. The lowest BCUT2D eigenvalue weighted by molar-refractivity contribution is 0.607. The van der Waals surface area contributed by atoms with Crippen molar-refractivity contribution >= 4 is 5.82 Å². The molecule has 0 aliphatic heterocycles. The van der Waals surface area contributed by atoms with Gasteiger partial charge in [0.1, 0.15) is 5.82 Å². The summed E-state index contributed by atoms with van der Waals surface area (Å²) in [5.41, 5.74) is 5.38. The molecule has 0 aliphatic carbocycles. The number of nitrogens with zero attached hydrogens (tertiary/aromatic N) is 2. The van der Waals surface area contributed by atoms with Gasteiger partial charge in [0.05, 0.1) is 6.20 Å². The predicted molar refractivity (Wildman–Crippen MR) is 50.1 cm³/mol. The molecule has 0 bridgehead atoms. The molecule has 1 aromatic rings. The third-order valence-corrected chi connectivity index (χ3v) is 1.60. The zero-order chi connectivity index (χ0) is 8.81. The Labute approximate surface area is 72.8 Å². The number of anilines is 1. The van der Waals surface area contributed by atoms with Crippen LogP contribution in [0.15, 0.2) is 12.3 Å². The molecule has 0 saturated carbocycles. The molecule has 1 rings (SSSR count). The molecule has 0 amide bonds. The second-order valence-electron chi connectivity index (χ2n) is 2.66. The monoisotopic (exact) mass is 168 g/mol. The zero-order valence-corrected chi connectivity index (χ0v) is 7.45. The zero-order valence-electron chi connectivity index (χ0n) is 7.45. The molecule has 4 heteroatoms. The van der Waals surface area contributed by atoms with Crippen LogP contribution in [0.25, 0.3) is 0 Å². The van der Waals surface area contributed by atoms with Gasteiger partial charge in [-0.3, -0.25) is 0 Å². The van der Waals surface area contributed by atoms with Crippen molar-refractivity contribution in [2.45, 2.75) is 19.9 Å². The van der Waals surface area contributed by atoms with Gasteiger partial charge in [-0.05, 0) is 6.42 Å². The molecule has 12 heavy (non-hydrogen) atoms. The molecule has 0 aromatic carbocycles. The highest BCUT2D eigenvalue weighted by atomic mass is 15.3. The minimum atomic E-state index is 0.650. The van der Waals surface area contributed by atoms with Crippen LogP contribution in [0.5, 0.6) is 0 Å². The van der Waals surface area contributed by atoms with Crippen molar-refractivity contribution in [1.82, 2.24) is 9.78 Å². The minimum absolute atomic E-state index is 0.650. The van der Waals surface area contributed by atoms with E-state index in [0.29, 0.717) is 6.54 Å². The van der Waals surface area contributed by atoms with Crippen molar-refractivity contribution in [1.29, 1.82) is 0 Å². The molecule has 0 fully saturated rings. The number of aromatic nitrogens is 2. The van der Waals surface area contributed by atoms with Crippen molar-refractivity contribution in [2.75, 3.05) is 18.4 Å². The molecule has 0 saturated heterocycles. The standard InChI is InChI=1S/C8H16N4/c1-2-7-12-8(3-5-11-12)10-6-4-9/h3,5,10H,2,4,6-7,9H2,1H3. The summed E-state index contributed by atoms with van der Waals surface area (Å²) >= 11 is 0. The Morgan fingerprint density at radius 1 is 1.67 bits per heavy atom. The molecule has 0 atom stereocenters. The van der Waals surface area contributed by atoms with Crippen molar-refractivity contribution in [2.24, 2.45) is 5.73 Å². The highest BCUT2D eigenvalue weighted by molar-refractivity contribution is 5.33. The summed E-state index contributed by atoms with van der Waals surface area (Å²) in [5.74, 6) is 1.06. The van der Waals surface area contributed by atoms with Crippen LogP contribution in [0.3, 0.4) is 0 Å². The molecule has 1 aromatic heterocycles. The molecule has 4 nitrogen and oxygen atoms in total. The van der Waals surface area contributed by atoms with Crippen LogP contribution in [0.2, 0.25) is 0 Å². The van der Waals surface area contributed by atoms with Crippen LogP contribution in [-0.4, -0.2) is 22.9 Å². The summed E-state index contributed by atoms with van der Waals surface area (Å²) in [4.78, 5) is 0. The predicted octanol–water partition coefficient (Wildman–Crippen LogP) is 0.664. The first-order valence-corrected chi connectivity index (χ1v) is 4.34. The van der Waals surface area contributed by atoms with E-state index in [2.05, 4.69) is 17.3 Å². The lowest BCUT2D eigenvalue weighted by atomic mass is 10.5. The van der Waals surface area contributed by atoms with E-state index >= 15 is 0 Å². The number of hydrogen-bond acceptors (Lipinski definition) is 3. The first-order valence-electron chi connectivity index (χ1n) is 4.34. The summed E-state index contributed by atoms with van der Waals surface area (Å²) < 4.78 is 1.95. The van der Waals surface area contributed by atoms with Gasteiger partial charge in [0.2, 0.25) is 0 Å². The van der Waals surface area contributed by atoms with Crippen LogP contribution >= 0.6 is 0 Å². The van der Waals surface area contributed by atoms with Gasteiger partial charge in [0.25, 0.3) is 0 Å². The fourth-order valence-corrected chi connectivity index (χ4v) is 1.07. The van der Waals surface area contributed by atoms with Gasteiger partial charge in [0, 0.05) is 25.7 Å². The third kappa shape index (κ3) is 2.23. The summed E-state index contributed by atoms with van der Waals surface area (Å²) in [6.45, 7) is 4.54. The van der Waals surface area contributed by atoms with Crippen LogP contribution in [0.4, 0.5) is 5.82 Å². The first-order chi connectivity index (χ1) is 5.88. The van der Waals surface area contributed by atoms with Crippen molar-refractivity contribution in [3.05, 3.63) is 12.3 Å². The summed E-state index contributed by atoms with van der Waals surface area (Å²) in [6.07, 6.45) is 2.90. The van der Waals surface area contributed by atoms with Gasteiger partial charge in [-0.2, -0.15) is 5.10 Å². The number of nitrogens with two attached hydrogens (primary N) is 1. The molecule has 68 valence electrons. The average molecular weight is 168 g/mol. The lowest BCUT2D eigenvalue weighted by Gasteiger charge is -2.06. The van der Waals surface area contributed by atoms with E-state index in [1.54, 1.807) is 6.20 Å². The third-order valence-electron chi connectivity index (χ3n) is 1.60. The van der Waals surface area contributed by atoms with E-state index in [-0.39, 0.29) is 0 Å². The van der Waals surface area contributed by atoms with Crippen molar-refractivity contribution in [3.63, 3.8) is 0 Å². The van der Waals surface area contributed by atoms with E-state index in [9.17, 15) is 0 Å². The van der Waals surface area contributed by atoms with Gasteiger partial charge in [-0.1, -0.05) is 6.92 Å². The van der Waals surface area contributed by atoms with Gasteiger partial charge < -0.3 is 11.1 Å². The van der Waals surface area contributed by atoms with E-state index in [1.807, 2.05) is 10.7 Å². The Hall–Kier alpha value is -1.03. The molecule has 0 aliphatic rings. The molecule has 1 heterocycles.